The van der Waals surface area contributed by atoms with Gasteiger partial charge in [-0.1, -0.05) is 6.07 Å². The summed E-state index contributed by atoms with van der Waals surface area (Å²) in [7, 11) is 3.39. The van der Waals surface area contributed by atoms with Crippen LogP contribution in [0.3, 0.4) is 0 Å². The second-order valence-electron chi connectivity index (χ2n) is 5.12. The second kappa shape index (κ2) is 7.24. The molecule has 1 aliphatic heterocycles. The van der Waals surface area contributed by atoms with E-state index >= 15 is 0 Å². The molecule has 1 N–H and O–H groups in total. The molecule has 1 aromatic carbocycles. The first-order valence-electron chi connectivity index (χ1n) is 6.95. The Morgan fingerprint density at radius 2 is 2.29 bits per heavy atom. The summed E-state index contributed by atoms with van der Waals surface area (Å²) in [4.78, 5) is 12.9. The van der Waals surface area contributed by atoms with Crippen LogP contribution in [0.1, 0.15) is 17.5 Å². The predicted molar refractivity (Wildman–Crippen MR) is 80.4 cm³/mol. The van der Waals surface area contributed by atoms with Gasteiger partial charge in [0.25, 0.3) is 0 Å². The van der Waals surface area contributed by atoms with Crippen molar-refractivity contribution in [2.24, 2.45) is 0 Å². The van der Waals surface area contributed by atoms with Crippen LogP contribution in [-0.2, 0) is 16.1 Å². The van der Waals surface area contributed by atoms with Gasteiger partial charge in [0.15, 0.2) is 0 Å². The molecule has 21 heavy (non-hydrogen) atoms. The highest BCUT2D eigenvalue weighted by Gasteiger charge is 2.22. The molecule has 5 nitrogen and oxygen atoms in total. The van der Waals surface area contributed by atoms with Crippen LogP contribution in [0.4, 0.5) is 0 Å². The molecular weight excluding hydrogens is 270 g/mol. The molecule has 0 radical (unpaired) electrons. The summed E-state index contributed by atoms with van der Waals surface area (Å²) in [5, 5.41) is 8.70. The number of methoxy groups -OCH3 is 2. The highest BCUT2D eigenvalue weighted by Crippen LogP contribution is 2.24. The van der Waals surface area contributed by atoms with Gasteiger partial charge in [0.1, 0.15) is 5.75 Å². The van der Waals surface area contributed by atoms with E-state index in [1.807, 2.05) is 18.2 Å². The predicted octanol–water partition coefficient (Wildman–Crippen LogP) is 2.01. The Bertz CT molecular complexity index is 527. The van der Waals surface area contributed by atoms with Gasteiger partial charge in [0.2, 0.25) is 0 Å². The summed E-state index contributed by atoms with van der Waals surface area (Å²) in [6.45, 7) is 2.68. The monoisotopic (exact) mass is 291 g/mol. The Morgan fingerprint density at radius 3 is 2.90 bits per heavy atom. The number of carbonyl (C=O) groups is 1. The topological polar surface area (TPSA) is 59.0 Å². The van der Waals surface area contributed by atoms with Gasteiger partial charge >= 0.3 is 5.97 Å². The summed E-state index contributed by atoms with van der Waals surface area (Å²) in [5.74, 6) is -0.127. The minimum atomic E-state index is -0.949. The maximum Gasteiger partial charge on any atom is 0.328 e. The smallest absolute Gasteiger partial charge is 0.328 e. The van der Waals surface area contributed by atoms with Crippen molar-refractivity contribution in [1.82, 2.24) is 4.90 Å². The van der Waals surface area contributed by atoms with Gasteiger partial charge in [-0.05, 0) is 30.2 Å². The standard InChI is InChI=1S/C16H21NO4/c1-20-14-7-8-17(11-14)10-13-9-12(4-6-16(18)19)3-5-15(13)21-2/h3-6,9,14H,7-8,10-11H2,1-2H3,(H,18,19)/b6-4+. The number of nitrogens with zero attached hydrogens (tertiary/aromatic N) is 1. The van der Waals surface area contributed by atoms with Gasteiger partial charge in [-0.25, -0.2) is 4.79 Å². The maximum atomic E-state index is 10.6. The normalized spacial score (nSPS) is 19.2. The van der Waals surface area contributed by atoms with E-state index in [1.165, 1.54) is 0 Å². The Morgan fingerprint density at radius 1 is 1.48 bits per heavy atom. The second-order valence-corrected chi connectivity index (χ2v) is 5.12. The van der Waals surface area contributed by atoms with Crippen molar-refractivity contribution >= 4 is 12.0 Å². The van der Waals surface area contributed by atoms with Crippen molar-refractivity contribution in [3.63, 3.8) is 0 Å². The lowest BCUT2D eigenvalue weighted by Gasteiger charge is -2.18. The van der Waals surface area contributed by atoms with Gasteiger partial charge < -0.3 is 14.6 Å². The van der Waals surface area contributed by atoms with Crippen molar-refractivity contribution < 1.29 is 19.4 Å². The summed E-state index contributed by atoms with van der Waals surface area (Å²) >= 11 is 0. The molecule has 0 bridgehead atoms. The number of carboxylic acid groups (broad SMARTS) is 1. The lowest BCUT2D eigenvalue weighted by molar-refractivity contribution is -0.131. The van der Waals surface area contributed by atoms with E-state index in [-0.39, 0.29) is 0 Å². The molecule has 1 aliphatic rings. The average molecular weight is 291 g/mol. The van der Waals surface area contributed by atoms with Crippen LogP contribution in [0, 0.1) is 0 Å². The minimum Gasteiger partial charge on any atom is -0.496 e. The van der Waals surface area contributed by atoms with E-state index in [9.17, 15) is 4.79 Å². The van der Waals surface area contributed by atoms with Crippen LogP contribution < -0.4 is 4.74 Å². The number of rotatable bonds is 6. The summed E-state index contributed by atoms with van der Waals surface area (Å²) < 4.78 is 10.8. The number of hydrogen-bond acceptors (Lipinski definition) is 4. The molecule has 1 atom stereocenters. The zero-order chi connectivity index (χ0) is 15.2. The zero-order valence-electron chi connectivity index (χ0n) is 12.4. The van der Waals surface area contributed by atoms with Crippen molar-refractivity contribution in [1.29, 1.82) is 0 Å². The van der Waals surface area contributed by atoms with Crippen LogP contribution in [0.2, 0.25) is 0 Å². The summed E-state index contributed by atoms with van der Waals surface area (Å²) in [6, 6.07) is 5.70. The molecule has 0 spiro atoms. The SMILES string of the molecule is COc1ccc(/C=C/C(=O)O)cc1CN1CCC(OC)C1. The third-order valence-corrected chi connectivity index (χ3v) is 3.68. The molecule has 0 aliphatic carbocycles. The van der Waals surface area contributed by atoms with Crippen LogP contribution in [0.5, 0.6) is 5.75 Å². The largest absolute Gasteiger partial charge is 0.496 e. The van der Waals surface area contributed by atoms with E-state index in [0.29, 0.717) is 6.10 Å². The first-order chi connectivity index (χ1) is 10.1. The van der Waals surface area contributed by atoms with E-state index in [4.69, 9.17) is 14.6 Å². The number of benzene rings is 1. The van der Waals surface area contributed by atoms with E-state index in [2.05, 4.69) is 4.90 Å². The van der Waals surface area contributed by atoms with Crippen LogP contribution >= 0.6 is 0 Å². The molecule has 1 aromatic rings. The summed E-state index contributed by atoms with van der Waals surface area (Å²) in [6.07, 6.45) is 4.07. The number of hydrogen-bond donors (Lipinski definition) is 1. The third-order valence-electron chi connectivity index (χ3n) is 3.68. The lowest BCUT2D eigenvalue weighted by atomic mass is 10.1. The van der Waals surface area contributed by atoms with Crippen molar-refractivity contribution in [2.75, 3.05) is 27.3 Å². The lowest BCUT2D eigenvalue weighted by Crippen LogP contribution is -2.22. The molecule has 0 saturated carbocycles. The fraction of sp³-hybridized carbons (Fsp3) is 0.438. The summed E-state index contributed by atoms with van der Waals surface area (Å²) in [5.41, 5.74) is 1.91. The molecule has 1 saturated heterocycles. The van der Waals surface area contributed by atoms with Crippen LogP contribution in [0.15, 0.2) is 24.3 Å². The Balaban J connectivity index is 2.12. The van der Waals surface area contributed by atoms with E-state index in [0.717, 1.165) is 49.0 Å². The highest BCUT2D eigenvalue weighted by molar-refractivity contribution is 5.85. The zero-order valence-corrected chi connectivity index (χ0v) is 12.4. The van der Waals surface area contributed by atoms with Gasteiger partial charge in [0.05, 0.1) is 13.2 Å². The maximum absolute atomic E-state index is 10.6. The van der Waals surface area contributed by atoms with Gasteiger partial charge in [0, 0.05) is 38.4 Å². The minimum absolute atomic E-state index is 0.297. The van der Waals surface area contributed by atoms with Crippen molar-refractivity contribution in [3.8, 4) is 5.75 Å². The molecule has 0 aromatic heterocycles. The van der Waals surface area contributed by atoms with Crippen LogP contribution in [0.25, 0.3) is 6.08 Å². The van der Waals surface area contributed by atoms with E-state index in [1.54, 1.807) is 20.3 Å². The Labute approximate surface area is 124 Å². The molecule has 114 valence electrons. The van der Waals surface area contributed by atoms with Gasteiger partial charge in [-0.15, -0.1) is 0 Å². The van der Waals surface area contributed by atoms with E-state index < -0.39 is 5.97 Å². The fourth-order valence-corrected chi connectivity index (χ4v) is 2.57. The Hall–Kier alpha value is -1.85. The molecule has 5 heteroatoms. The van der Waals surface area contributed by atoms with Gasteiger partial charge in [-0.2, -0.15) is 0 Å². The first-order valence-corrected chi connectivity index (χ1v) is 6.95. The van der Waals surface area contributed by atoms with Crippen molar-refractivity contribution in [2.45, 2.75) is 19.1 Å². The average Bonchev–Trinajstić information content (AvgIpc) is 2.93. The number of likely N-dealkylation sites (tertiary alicyclic amines) is 1. The molecule has 1 heterocycles. The fourth-order valence-electron chi connectivity index (χ4n) is 2.57. The third kappa shape index (κ3) is 4.31. The molecule has 0 amide bonds. The highest BCUT2D eigenvalue weighted by atomic mass is 16.5. The molecule has 2 rings (SSSR count). The Kier molecular flexibility index (Phi) is 5.36. The first kappa shape index (κ1) is 15.5. The van der Waals surface area contributed by atoms with Crippen molar-refractivity contribution in [3.05, 3.63) is 35.4 Å². The molecule has 1 unspecified atom stereocenters. The molecular formula is C16H21NO4. The van der Waals surface area contributed by atoms with Crippen LogP contribution in [-0.4, -0.2) is 49.4 Å². The quantitative estimate of drug-likeness (QED) is 0.813. The molecule has 1 fully saturated rings. The number of ether oxygens (including phenoxy) is 2. The number of carboxylic acids is 1. The van der Waals surface area contributed by atoms with Gasteiger partial charge in [-0.3, -0.25) is 4.90 Å². The number of aliphatic carboxylic acids is 1.